The van der Waals surface area contributed by atoms with Crippen molar-refractivity contribution in [2.24, 2.45) is 5.92 Å². The summed E-state index contributed by atoms with van der Waals surface area (Å²) in [5, 5.41) is 8.45. The molecule has 2 heterocycles. The third-order valence-corrected chi connectivity index (χ3v) is 8.31. The summed E-state index contributed by atoms with van der Waals surface area (Å²) < 4.78 is 0. The SMILES string of the molecule is CNC(C)C(=O)NC(C(=O)N1CCCC1c1cc(-c2cccc3ccccc23)nc(C)n1)C1CCCCC1. The van der Waals surface area contributed by atoms with Crippen molar-refractivity contribution in [3.05, 3.63) is 60.0 Å². The minimum Gasteiger partial charge on any atom is -0.343 e. The van der Waals surface area contributed by atoms with E-state index in [4.69, 9.17) is 9.97 Å². The second-order valence-electron chi connectivity index (χ2n) is 10.8. The molecule has 1 aromatic heterocycles. The van der Waals surface area contributed by atoms with Gasteiger partial charge in [-0.3, -0.25) is 9.59 Å². The number of aromatic nitrogens is 2. The van der Waals surface area contributed by atoms with E-state index >= 15 is 0 Å². The second kappa shape index (κ2) is 11.6. The molecule has 2 aliphatic rings. The number of nitrogens with zero attached hydrogens (tertiary/aromatic N) is 3. The van der Waals surface area contributed by atoms with Gasteiger partial charge in [0.2, 0.25) is 11.8 Å². The molecule has 2 amide bonds. The Labute approximate surface area is 225 Å². The maximum atomic E-state index is 14.1. The van der Waals surface area contributed by atoms with Crippen LogP contribution in [-0.2, 0) is 9.59 Å². The third kappa shape index (κ3) is 5.44. The molecule has 2 N–H and O–H groups in total. The number of hydrogen-bond donors (Lipinski definition) is 2. The molecular formula is C31H39N5O2. The van der Waals surface area contributed by atoms with Crippen LogP contribution >= 0.6 is 0 Å². The van der Waals surface area contributed by atoms with Crippen molar-refractivity contribution < 1.29 is 9.59 Å². The highest BCUT2D eigenvalue weighted by atomic mass is 16.2. The number of rotatable bonds is 7. The van der Waals surface area contributed by atoms with Crippen LogP contribution in [0.4, 0.5) is 0 Å². The molecular weight excluding hydrogens is 474 g/mol. The van der Waals surface area contributed by atoms with Gasteiger partial charge in [0.05, 0.1) is 23.5 Å². The number of amides is 2. The van der Waals surface area contributed by atoms with Crippen LogP contribution in [0, 0.1) is 12.8 Å². The fourth-order valence-corrected chi connectivity index (χ4v) is 6.12. The highest BCUT2D eigenvalue weighted by molar-refractivity contribution is 5.96. The van der Waals surface area contributed by atoms with E-state index in [0.29, 0.717) is 12.4 Å². The molecule has 5 rings (SSSR count). The molecule has 3 atom stereocenters. The van der Waals surface area contributed by atoms with Gasteiger partial charge < -0.3 is 15.5 Å². The molecule has 2 fully saturated rings. The van der Waals surface area contributed by atoms with Gasteiger partial charge in [-0.05, 0) is 69.3 Å². The number of carbonyl (C=O) groups excluding carboxylic acids is 2. The summed E-state index contributed by atoms with van der Waals surface area (Å²) in [6, 6.07) is 15.7. The van der Waals surface area contributed by atoms with Crippen molar-refractivity contribution in [1.82, 2.24) is 25.5 Å². The van der Waals surface area contributed by atoms with Crippen molar-refractivity contribution in [3.63, 3.8) is 0 Å². The molecule has 0 radical (unpaired) electrons. The minimum atomic E-state index is -0.500. The molecule has 1 aliphatic carbocycles. The third-order valence-electron chi connectivity index (χ3n) is 8.31. The lowest BCUT2D eigenvalue weighted by Crippen LogP contribution is -2.55. The van der Waals surface area contributed by atoms with Gasteiger partial charge in [-0.1, -0.05) is 61.7 Å². The maximum Gasteiger partial charge on any atom is 0.246 e. The van der Waals surface area contributed by atoms with E-state index in [9.17, 15) is 9.59 Å². The zero-order valence-corrected chi connectivity index (χ0v) is 22.7. The Kier molecular flexibility index (Phi) is 8.03. The van der Waals surface area contributed by atoms with Gasteiger partial charge in [-0.15, -0.1) is 0 Å². The van der Waals surface area contributed by atoms with Crippen LogP contribution in [0.1, 0.15) is 69.4 Å². The average molecular weight is 514 g/mol. The van der Waals surface area contributed by atoms with Crippen LogP contribution in [0.5, 0.6) is 0 Å². The van der Waals surface area contributed by atoms with Crippen LogP contribution in [0.2, 0.25) is 0 Å². The van der Waals surface area contributed by atoms with E-state index in [1.54, 1.807) is 7.05 Å². The lowest BCUT2D eigenvalue weighted by atomic mass is 9.83. The minimum absolute atomic E-state index is 0.0269. The Morgan fingerprint density at radius 1 is 0.974 bits per heavy atom. The van der Waals surface area contributed by atoms with E-state index in [1.807, 2.05) is 30.9 Å². The number of nitrogens with one attached hydrogen (secondary N) is 2. The number of benzene rings is 2. The summed E-state index contributed by atoms with van der Waals surface area (Å²) in [7, 11) is 1.77. The molecule has 3 unspecified atom stereocenters. The molecule has 1 saturated carbocycles. The smallest absolute Gasteiger partial charge is 0.246 e. The predicted octanol–water partition coefficient (Wildman–Crippen LogP) is 4.94. The normalized spacial score (nSPS) is 19.9. The first kappa shape index (κ1) is 26.3. The van der Waals surface area contributed by atoms with Gasteiger partial charge in [-0.2, -0.15) is 0 Å². The summed E-state index contributed by atoms with van der Waals surface area (Å²) >= 11 is 0. The Bertz CT molecular complexity index is 1300. The molecule has 0 bridgehead atoms. The predicted molar refractivity (Wildman–Crippen MR) is 150 cm³/mol. The molecule has 0 spiro atoms. The number of aryl methyl sites for hydroxylation is 1. The Morgan fingerprint density at radius 2 is 1.74 bits per heavy atom. The quantitative estimate of drug-likeness (QED) is 0.467. The van der Waals surface area contributed by atoms with E-state index in [2.05, 4.69) is 47.0 Å². The zero-order chi connectivity index (χ0) is 26.6. The number of likely N-dealkylation sites (N-methyl/N-ethyl adjacent to an activating group) is 1. The van der Waals surface area contributed by atoms with Gasteiger partial charge >= 0.3 is 0 Å². The highest BCUT2D eigenvalue weighted by Gasteiger charge is 2.39. The van der Waals surface area contributed by atoms with Crippen LogP contribution in [0.25, 0.3) is 22.0 Å². The molecule has 1 aliphatic heterocycles. The highest BCUT2D eigenvalue weighted by Crippen LogP contribution is 2.36. The van der Waals surface area contributed by atoms with Gasteiger partial charge in [0.1, 0.15) is 11.9 Å². The number of fused-ring (bicyclic) bond motifs is 1. The summed E-state index contributed by atoms with van der Waals surface area (Å²) in [6.45, 7) is 4.43. The summed E-state index contributed by atoms with van der Waals surface area (Å²) in [5.74, 6) is 0.774. The average Bonchev–Trinajstić information content (AvgIpc) is 3.45. The van der Waals surface area contributed by atoms with E-state index in [0.717, 1.165) is 60.9 Å². The molecule has 1 saturated heterocycles. The van der Waals surface area contributed by atoms with Crippen molar-refractivity contribution in [2.45, 2.75) is 76.9 Å². The van der Waals surface area contributed by atoms with E-state index in [1.165, 1.54) is 11.8 Å². The monoisotopic (exact) mass is 513 g/mol. The first-order valence-corrected chi connectivity index (χ1v) is 14.1. The molecule has 200 valence electrons. The second-order valence-corrected chi connectivity index (χ2v) is 10.8. The van der Waals surface area contributed by atoms with Crippen LogP contribution in [0.15, 0.2) is 48.5 Å². The molecule has 2 aromatic carbocycles. The van der Waals surface area contributed by atoms with Crippen LogP contribution in [0.3, 0.4) is 0 Å². The van der Waals surface area contributed by atoms with E-state index in [-0.39, 0.29) is 29.8 Å². The standard InChI is InChI=1S/C31H39N5O2/c1-20(32-3)30(37)35-29(23-12-5-4-6-13-23)31(38)36-18-10-17-28(36)27-19-26(33-21(2)34-27)25-16-9-14-22-11-7-8-15-24(22)25/h7-9,11,14-16,19-20,23,28-29,32H,4-6,10,12-13,17-18H2,1-3H3,(H,35,37). The summed E-state index contributed by atoms with van der Waals surface area (Å²) in [6.07, 6.45) is 7.13. The molecule has 3 aromatic rings. The van der Waals surface area contributed by atoms with E-state index < -0.39 is 6.04 Å². The first-order chi connectivity index (χ1) is 18.5. The largest absolute Gasteiger partial charge is 0.343 e. The lowest BCUT2D eigenvalue weighted by molar-refractivity contribution is -0.139. The fourth-order valence-electron chi connectivity index (χ4n) is 6.12. The summed E-state index contributed by atoms with van der Waals surface area (Å²) in [4.78, 5) is 38.6. The molecule has 7 heteroatoms. The Hall–Kier alpha value is -3.32. The topological polar surface area (TPSA) is 87.2 Å². The van der Waals surface area contributed by atoms with Crippen LogP contribution < -0.4 is 10.6 Å². The van der Waals surface area contributed by atoms with Crippen molar-refractivity contribution in [2.75, 3.05) is 13.6 Å². The Balaban J connectivity index is 1.46. The first-order valence-electron chi connectivity index (χ1n) is 14.1. The van der Waals surface area contributed by atoms with Crippen LogP contribution in [-0.4, -0.2) is 52.4 Å². The summed E-state index contributed by atoms with van der Waals surface area (Å²) in [5.41, 5.74) is 2.83. The Morgan fingerprint density at radius 3 is 2.53 bits per heavy atom. The van der Waals surface area contributed by atoms with Crippen molar-refractivity contribution in [3.8, 4) is 11.3 Å². The molecule has 38 heavy (non-hydrogen) atoms. The number of hydrogen-bond acceptors (Lipinski definition) is 5. The van der Waals surface area contributed by atoms with Crippen molar-refractivity contribution >= 4 is 22.6 Å². The zero-order valence-electron chi connectivity index (χ0n) is 22.7. The van der Waals surface area contributed by atoms with Gasteiger partial charge in [0, 0.05) is 12.1 Å². The lowest BCUT2D eigenvalue weighted by Gasteiger charge is -2.35. The van der Waals surface area contributed by atoms with Gasteiger partial charge in [-0.25, -0.2) is 9.97 Å². The van der Waals surface area contributed by atoms with Crippen molar-refractivity contribution in [1.29, 1.82) is 0 Å². The van der Waals surface area contributed by atoms with Gasteiger partial charge in [0.15, 0.2) is 0 Å². The fraction of sp³-hybridized carbons (Fsp3) is 0.484. The maximum absolute atomic E-state index is 14.1. The number of likely N-dealkylation sites (tertiary alicyclic amines) is 1. The number of carbonyl (C=O) groups is 2. The van der Waals surface area contributed by atoms with Gasteiger partial charge in [0.25, 0.3) is 0 Å². The molecule has 7 nitrogen and oxygen atoms in total.